The van der Waals surface area contributed by atoms with Crippen LogP contribution < -0.4 is 10.2 Å². The summed E-state index contributed by atoms with van der Waals surface area (Å²) in [5.41, 5.74) is 2.52. The number of hydrogen-bond acceptors (Lipinski definition) is 4. The van der Waals surface area contributed by atoms with Crippen molar-refractivity contribution in [2.45, 2.75) is 13.0 Å². The topological polar surface area (TPSA) is 44.8 Å². The van der Waals surface area contributed by atoms with Gasteiger partial charge in [0.05, 0.1) is 13.2 Å². The molecule has 0 radical (unpaired) electrons. The monoisotopic (exact) mass is 289 g/mol. The number of carbonyl (C=O) groups excluding carboxylic acids is 1. The predicted octanol–water partition coefficient (Wildman–Crippen LogP) is 0.632. The number of piperazine rings is 1. The van der Waals surface area contributed by atoms with Gasteiger partial charge in [-0.1, -0.05) is 12.1 Å². The van der Waals surface area contributed by atoms with Gasteiger partial charge in [0.2, 0.25) is 5.91 Å². The molecular weight excluding hydrogens is 266 g/mol. The Morgan fingerprint density at radius 2 is 2.10 bits per heavy atom. The highest BCUT2D eigenvalue weighted by Crippen LogP contribution is 2.18. The lowest BCUT2D eigenvalue weighted by molar-refractivity contribution is -0.136. The average Bonchev–Trinajstić information content (AvgIpc) is 2.55. The molecule has 21 heavy (non-hydrogen) atoms. The SMILES string of the molecule is Cc1cccc(N2CCN(C(=O)C3COCCN3)CC2)c1. The maximum atomic E-state index is 12.4. The van der Waals surface area contributed by atoms with Crippen molar-refractivity contribution in [2.24, 2.45) is 0 Å². The third kappa shape index (κ3) is 3.36. The van der Waals surface area contributed by atoms with Crippen molar-refractivity contribution in [3.63, 3.8) is 0 Å². The molecule has 1 atom stereocenters. The highest BCUT2D eigenvalue weighted by molar-refractivity contribution is 5.82. The summed E-state index contributed by atoms with van der Waals surface area (Å²) in [7, 11) is 0. The second kappa shape index (κ2) is 6.45. The lowest BCUT2D eigenvalue weighted by Crippen LogP contribution is -2.57. The van der Waals surface area contributed by atoms with E-state index in [1.807, 2.05) is 4.90 Å². The van der Waals surface area contributed by atoms with Gasteiger partial charge in [-0.15, -0.1) is 0 Å². The van der Waals surface area contributed by atoms with Crippen molar-refractivity contribution in [1.82, 2.24) is 10.2 Å². The minimum Gasteiger partial charge on any atom is -0.378 e. The molecule has 2 heterocycles. The van der Waals surface area contributed by atoms with Crippen molar-refractivity contribution < 1.29 is 9.53 Å². The zero-order valence-electron chi connectivity index (χ0n) is 12.5. The van der Waals surface area contributed by atoms with E-state index in [1.54, 1.807) is 0 Å². The number of hydrogen-bond donors (Lipinski definition) is 1. The van der Waals surface area contributed by atoms with E-state index in [0.29, 0.717) is 13.2 Å². The first-order valence-corrected chi connectivity index (χ1v) is 7.65. The number of benzene rings is 1. The molecule has 0 saturated carbocycles. The van der Waals surface area contributed by atoms with E-state index in [0.717, 1.165) is 32.7 Å². The molecule has 5 nitrogen and oxygen atoms in total. The van der Waals surface area contributed by atoms with E-state index in [4.69, 9.17) is 4.74 Å². The van der Waals surface area contributed by atoms with Crippen LogP contribution in [0.2, 0.25) is 0 Å². The Bertz CT molecular complexity index is 492. The molecule has 2 aliphatic rings. The highest BCUT2D eigenvalue weighted by Gasteiger charge is 2.28. The number of carbonyl (C=O) groups is 1. The number of morpholine rings is 1. The minimum absolute atomic E-state index is 0.163. The number of ether oxygens (including phenoxy) is 1. The molecule has 1 aromatic carbocycles. The van der Waals surface area contributed by atoms with Crippen LogP contribution in [0, 0.1) is 6.92 Å². The number of nitrogens with one attached hydrogen (secondary N) is 1. The van der Waals surface area contributed by atoms with Gasteiger partial charge in [0.25, 0.3) is 0 Å². The smallest absolute Gasteiger partial charge is 0.242 e. The van der Waals surface area contributed by atoms with E-state index in [1.165, 1.54) is 11.3 Å². The predicted molar refractivity (Wildman–Crippen MR) is 82.6 cm³/mol. The largest absolute Gasteiger partial charge is 0.378 e. The van der Waals surface area contributed by atoms with Crippen molar-refractivity contribution in [2.75, 3.05) is 50.8 Å². The Balaban J connectivity index is 1.56. The zero-order chi connectivity index (χ0) is 14.7. The number of aryl methyl sites for hydroxylation is 1. The lowest BCUT2D eigenvalue weighted by atomic mass is 10.1. The normalized spacial score (nSPS) is 23.2. The summed E-state index contributed by atoms with van der Waals surface area (Å²) in [6.45, 7) is 7.42. The van der Waals surface area contributed by atoms with Crippen LogP contribution in [0.15, 0.2) is 24.3 Å². The second-order valence-corrected chi connectivity index (χ2v) is 5.73. The van der Waals surface area contributed by atoms with Crippen molar-refractivity contribution in [3.8, 4) is 0 Å². The van der Waals surface area contributed by atoms with E-state index in [9.17, 15) is 4.79 Å². The van der Waals surface area contributed by atoms with Crippen LogP contribution in [0.3, 0.4) is 0 Å². The van der Waals surface area contributed by atoms with Crippen molar-refractivity contribution in [3.05, 3.63) is 29.8 Å². The molecule has 1 aromatic rings. The van der Waals surface area contributed by atoms with Gasteiger partial charge in [-0.3, -0.25) is 4.79 Å². The molecule has 1 amide bonds. The average molecular weight is 289 g/mol. The molecule has 3 rings (SSSR count). The fourth-order valence-electron chi connectivity index (χ4n) is 2.95. The maximum absolute atomic E-state index is 12.4. The van der Waals surface area contributed by atoms with Gasteiger partial charge in [0.1, 0.15) is 6.04 Å². The molecule has 1 N–H and O–H groups in total. The lowest BCUT2D eigenvalue weighted by Gasteiger charge is -2.38. The maximum Gasteiger partial charge on any atom is 0.242 e. The molecule has 0 spiro atoms. The van der Waals surface area contributed by atoms with Crippen LogP contribution in [0.5, 0.6) is 0 Å². The van der Waals surface area contributed by atoms with E-state index >= 15 is 0 Å². The molecule has 2 saturated heterocycles. The van der Waals surface area contributed by atoms with Crippen LogP contribution in [0.4, 0.5) is 5.69 Å². The summed E-state index contributed by atoms with van der Waals surface area (Å²) in [6, 6.07) is 8.38. The molecule has 1 unspecified atom stereocenters. The van der Waals surface area contributed by atoms with Gasteiger partial charge in [-0.25, -0.2) is 0 Å². The fourth-order valence-corrected chi connectivity index (χ4v) is 2.95. The number of amides is 1. The molecule has 2 aliphatic heterocycles. The number of anilines is 1. The van der Waals surface area contributed by atoms with E-state index in [2.05, 4.69) is 41.4 Å². The summed E-state index contributed by atoms with van der Waals surface area (Å²) in [5.74, 6) is 0.179. The second-order valence-electron chi connectivity index (χ2n) is 5.73. The number of nitrogens with zero attached hydrogens (tertiary/aromatic N) is 2. The van der Waals surface area contributed by atoms with Gasteiger partial charge >= 0.3 is 0 Å². The van der Waals surface area contributed by atoms with E-state index < -0.39 is 0 Å². The quantitative estimate of drug-likeness (QED) is 0.867. The zero-order valence-corrected chi connectivity index (χ0v) is 12.5. The third-order valence-corrected chi connectivity index (χ3v) is 4.18. The first-order valence-electron chi connectivity index (χ1n) is 7.65. The van der Waals surface area contributed by atoms with Gasteiger partial charge in [0.15, 0.2) is 0 Å². The summed E-state index contributed by atoms with van der Waals surface area (Å²) in [6.07, 6.45) is 0. The highest BCUT2D eigenvalue weighted by atomic mass is 16.5. The summed E-state index contributed by atoms with van der Waals surface area (Å²) < 4.78 is 5.38. The first-order chi connectivity index (χ1) is 10.2. The Labute approximate surface area is 125 Å². The molecule has 5 heteroatoms. The molecule has 0 bridgehead atoms. The van der Waals surface area contributed by atoms with Crippen molar-refractivity contribution in [1.29, 1.82) is 0 Å². The Morgan fingerprint density at radius 3 is 2.76 bits per heavy atom. The summed E-state index contributed by atoms with van der Waals surface area (Å²) in [4.78, 5) is 16.7. The van der Waals surface area contributed by atoms with Crippen LogP contribution in [0.1, 0.15) is 5.56 Å². The van der Waals surface area contributed by atoms with Crippen LogP contribution in [-0.4, -0.2) is 62.8 Å². The van der Waals surface area contributed by atoms with Gasteiger partial charge < -0.3 is 19.9 Å². The Morgan fingerprint density at radius 1 is 1.29 bits per heavy atom. The van der Waals surface area contributed by atoms with Gasteiger partial charge in [-0.2, -0.15) is 0 Å². The molecule has 0 aliphatic carbocycles. The Hall–Kier alpha value is -1.59. The van der Waals surface area contributed by atoms with E-state index in [-0.39, 0.29) is 11.9 Å². The van der Waals surface area contributed by atoms with Crippen LogP contribution in [-0.2, 0) is 9.53 Å². The Kier molecular flexibility index (Phi) is 4.41. The van der Waals surface area contributed by atoms with Crippen molar-refractivity contribution >= 4 is 11.6 Å². The fraction of sp³-hybridized carbons (Fsp3) is 0.562. The van der Waals surface area contributed by atoms with Gasteiger partial charge in [-0.05, 0) is 24.6 Å². The van der Waals surface area contributed by atoms with Gasteiger partial charge in [0, 0.05) is 38.4 Å². The third-order valence-electron chi connectivity index (χ3n) is 4.18. The first kappa shape index (κ1) is 14.4. The molecule has 114 valence electrons. The standard InChI is InChI=1S/C16H23N3O2/c1-13-3-2-4-14(11-13)18-6-8-19(9-7-18)16(20)15-12-21-10-5-17-15/h2-4,11,15,17H,5-10,12H2,1H3. The molecule has 0 aromatic heterocycles. The molecular formula is C16H23N3O2. The molecule has 2 fully saturated rings. The van der Waals surface area contributed by atoms with Crippen LogP contribution >= 0.6 is 0 Å². The number of rotatable bonds is 2. The summed E-state index contributed by atoms with van der Waals surface area (Å²) >= 11 is 0. The summed E-state index contributed by atoms with van der Waals surface area (Å²) in [5, 5.41) is 3.24. The minimum atomic E-state index is -0.163. The van der Waals surface area contributed by atoms with Crippen LogP contribution in [0.25, 0.3) is 0 Å².